The highest BCUT2D eigenvalue weighted by molar-refractivity contribution is 5.28. The van der Waals surface area contributed by atoms with Crippen LogP contribution in [0.5, 0.6) is 0 Å². The number of hydrogen-bond acceptors (Lipinski definition) is 2. The van der Waals surface area contributed by atoms with E-state index in [0.717, 1.165) is 18.2 Å². The molecule has 1 aliphatic carbocycles. The van der Waals surface area contributed by atoms with E-state index >= 15 is 0 Å². The molecule has 1 heterocycles. The van der Waals surface area contributed by atoms with E-state index in [1.807, 2.05) is 11.7 Å². The molecule has 1 aromatic heterocycles. The largest absolute Gasteiger partial charge is 0.310 e. The van der Waals surface area contributed by atoms with Gasteiger partial charge in [-0.15, -0.1) is 0 Å². The topological polar surface area (TPSA) is 29.9 Å². The van der Waals surface area contributed by atoms with E-state index < -0.39 is 0 Å². The van der Waals surface area contributed by atoms with E-state index in [1.54, 1.807) is 0 Å². The minimum Gasteiger partial charge on any atom is -0.310 e. The first-order chi connectivity index (χ1) is 10.0. The quantitative estimate of drug-likeness (QED) is 0.932. The van der Waals surface area contributed by atoms with Gasteiger partial charge < -0.3 is 5.32 Å². The molecule has 3 rings (SSSR count). The van der Waals surface area contributed by atoms with Gasteiger partial charge in [-0.2, -0.15) is 5.10 Å². The van der Waals surface area contributed by atoms with Crippen molar-refractivity contribution in [3.05, 3.63) is 52.3 Å². The van der Waals surface area contributed by atoms with E-state index in [9.17, 15) is 0 Å². The lowest BCUT2D eigenvalue weighted by atomic mass is 9.75. The van der Waals surface area contributed by atoms with Crippen LogP contribution in [0.4, 0.5) is 0 Å². The first-order valence-corrected chi connectivity index (χ1v) is 7.83. The molecule has 0 saturated heterocycles. The maximum Gasteiger partial charge on any atom is 0.0641 e. The summed E-state index contributed by atoms with van der Waals surface area (Å²) in [6.07, 6.45) is 2.50. The zero-order valence-corrected chi connectivity index (χ0v) is 13.5. The van der Waals surface area contributed by atoms with Crippen molar-refractivity contribution in [3.63, 3.8) is 0 Å². The average Bonchev–Trinajstić information content (AvgIpc) is 2.63. The predicted octanol–water partition coefficient (Wildman–Crippen LogP) is 3.38. The lowest BCUT2D eigenvalue weighted by Gasteiger charge is -2.36. The molecule has 0 atom stereocenters. The average molecular weight is 283 g/mol. The van der Waals surface area contributed by atoms with Crippen molar-refractivity contribution in [2.24, 2.45) is 7.05 Å². The van der Waals surface area contributed by atoms with Crippen LogP contribution in [0.3, 0.4) is 0 Å². The second-order valence-corrected chi connectivity index (χ2v) is 6.43. The monoisotopic (exact) mass is 283 g/mol. The number of nitrogens with zero attached hydrogens (tertiary/aromatic N) is 2. The Morgan fingerprint density at radius 1 is 1.24 bits per heavy atom. The molecule has 0 bridgehead atoms. The third-order valence-corrected chi connectivity index (χ3v) is 4.88. The predicted molar refractivity (Wildman–Crippen MR) is 86.5 cm³/mol. The third-order valence-electron chi connectivity index (χ3n) is 4.88. The fourth-order valence-electron chi connectivity index (χ4n) is 3.30. The SMILES string of the molecule is Cc1cccc(C2CC(NCc3c(C)nn(C)c3C)C2)c1. The molecular weight excluding hydrogens is 258 g/mol. The Bertz CT molecular complexity index is 636. The van der Waals surface area contributed by atoms with Gasteiger partial charge >= 0.3 is 0 Å². The van der Waals surface area contributed by atoms with Gasteiger partial charge in [0, 0.05) is 30.9 Å². The first kappa shape index (κ1) is 14.3. The Kier molecular flexibility index (Phi) is 3.85. The molecule has 0 unspecified atom stereocenters. The van der Waals surface area contributed by atoms with Crippen molar-refractivity contribution in [2.75, 3.05) is 0 Å². The Labute approximate surface area is 127 Å². The van der Waals surface area contributed by atoms with Gasteiger partial charge in [0.05, 0.1) is 5.69 Å². The molecule has 1 saturated carbocycles. The molecule has 0 amide bonds. The molecule has 1 aromatic carbocycles. The van der Waals surface area contributed by atoms with Crippen molar-refractivity contribution in [2.45, 2.75) is 52.1 Å². The number of hydrogen-bond donors (Lipinski definition) is 1. The summed E-state index contributed by atoms with van der Waals surface area (Å²) in [5.74, 6) is 0.735. The molecule has 1 fully saturated rings. The van der Waals surface area contributed by atoms with Crippen LogP contribution < -0.4 is 5.32 Å². The molecule has 0 spiro atoms. The van der Waals surface area contributed by atoms with Gasteiger partial charge in [-0.1, -0.05) is 29.8 Å². The Balaban J connectivity index is 1.53. The standard InChI is InChI=1S/C18H25N3/c1-12-6-5-7-15(8-12)16-9-17(10-16)19-11-18-13(2)20-21(4)14(18)3/h5-8,16-17,19H,9-11H2,1-4H3. The van der Waals surface area contributed by atoms with Gasteiger partial charge in [-0.3, -0.25) is 4.68 Å². The normalized spacial score (nSPS) is 21.3. The van der Waals surface area contributed by atoms with Gasteiger partial charge in [-0.25, -0.2) is 0 Å². The molecule has 0 radical (unpaired) electrons. The van der Waals surface area contributed by atoms with E-state index in [1.165, 1.54) is 35.2 Å². The lowest BCUT2D eigenvalue weighted by Crippen LogP contribution is -2.39. The van der Waals surface area contributed by atoms with Crippen molar-refractivity contribution >= 4 is 0 Å². The Hall–Kier alpha value is -1.61. The number of aromatic nitrogens is 2. The van der Waals surface area contributed by atoms with Crippen LogP contribution in [0.15, 0.2) is 24.3 Å². The highest BCUT2D eigenvalue weighted by Gasteiger charge is 2.30. The zero-order valence-electron chi connectivity index (χ0n) is 13.5. The summed E-state index contributed by atoms with van der Waals surface area (Å²) in [5.41, 5.74) is 6.65. The zero-order chi connectivity index (χ0) is 15.0. The summed E-state index contributed by atoms with van der Waals surface area (Å²) in [6, 6.07) is 9.59. The molecule has 3 heteroatoms. The van der Waals surface area contributed by atoms with Crippen LogP contribution in [0.25, 0.3) is 0 Å². The highest BCUT2D eigenvalue weighted by Crippen LogP contribution is 2.37. The maximum absolute atomic E-state index is 4.48. The second-order valence-electron chi connectivity index (χ2n) is 6.43. The molecule has 0 aliphatic heterocycles. The molecule has 21 heavy (non-hydrogen) atoms. The summed E-state index contributed by atoms with van der Waals surface area (Å²) in [4.78, 5) is 0. The van der Waals surface area contributed by atoms with E-state index in [2.05, 4.69) is 55.5 Å². The van der Waals surface area contributed by atoms with Crippen molar-refractivity contribution in [1.82, 2.24) is 15.1 Å². The van der Waals surface area contributed by atoms with Crippen LogP contribution >= 0.6 is 0 Å². The minimum atomic E-state index is 0.648. The fourth-order valence-corrected chi connectivity index (χ4v) is 3.30. The molecule has 112 valence electrons. The highest BCUT2D eigenvalue weighted by atomic mass is 15.3. The number of rotatable bonds is 4. The summed E-state index contributed by atoms with van der Waals surface area (Å²) in [5, 5.41) is 8.17. The second kappa shape index (κ2) is 5.64. The van der Waals surface area contributed by atoms with Crippen LogP contribution in [0.1, 0.15) is 46.8 Å². The molecule has 3 nitrogen and oxygen atoms in total. The van der Waals surface area contributed by atoms with Crippen LogP contribution in [-0.4, -0.2) is 15.8 Å². The van der Waals surface area contributed by atoms with E-state index in [-0.39, 0.29) is 0 Å². The molecule has 1 aliphatic rings. The van der Waals surface area contributed by atoms with Gasteiger partial charge in [0.2, 0.25) is 0 Å². The van der Waals surface area contributed by atoms with E-state index in [4.69, 9.17) is 0 Å². The summed E-state index contributed by atoms with van der Waals surface area (Å²) >= 11 is 0. The van der Waals surface area contributed by atoms with Crippen molar-refractivity contribution < 1.29 is 0 Å². The number of nitrogens with one attached hydrogen (secondary N) is 1. The molecule has 2 aromatic rings. The van der Waals surface area contributed by atoms with Crippen LogP contribution in [0, 0.1) is 20.8 Å². The maximum atomic E-state index is 4.48. The number of benzene rings is 1. The van der Waals surface area contributed by atoms with Gasteiger partial charge in [0.25, 0.3) is 0 Å². The Morgan fingerprint density at radius 2 is 2.00 bits per heavy atom. The van der Waals surface area contributed by atoms with Gasteiger partial charge in [0.15, 0.2) is 0 Å². The summed E-state index contributed by atoms with van der Waals surface area (Å²) in [6.45, 7) is 7.36. The number of aryl methyl sites for hydroxylation is 3. The third kappa shape index (κ3) is 2.88. The minimum absolute atomic E-state index is 0.648. The van der Waals surface area contributed by atoms with Gasteiger partial charge in [-0.05, 0) is 45.1 Å². The first-order valence-electron chi connectivity index (χ1n) is 7.83. The molecular formula is C18H25N3. The van der Waals surface area contributed by atoms with Gasteiger partial charge in [0.1, 0.15) is 0 Å². The fraction of sp³-hybridized carbons (Fsp3) is 0.500. The Morgan fingerprint density at radius 3 is 2.62 bits per heavy atom. The summed E-state index contributed by atoms with van der Waals surface area (Å²) < 4.78 is 1.97. The van der Waals surface area contributed by atoms with Crippen LogP contribution in [0.2, 0.25) is 0 Å². The van der Waals surface area contributed by atoms with E-state index in [0.29, 0.717) is 6.04 Å². The molecule has 1 N–H and O–H groups in total. The summed E-state index contributed by atoms with van der Waals surface area (Å²) in [7, 11) is 2.02. The smallest absolute Gasteiger partial charge is 0.0641 e. The van der Waals surface area contributed by atoms with Crippen molar-refractivity contribution in [1.29, 1.82) is 0 Å². The van der Waals surface area contributed by atoms with Crippen LogP contribution in [-0.2, 0) is 13.6 Å². The van der Waals surface area contributed by atoms with Crippen molar-refractivity contribution in [3.8, 4) is 0 Å². The lowest BCUT2D eigenvalue weighted by molar-refractivity contribution is 0.289.